The minimum Gasteiger partial charge on any atom is -0.480 e. The van der Waals surface area contributed by atoms with Crippen LogP contribution < -0.4 is 9.47 Å². The quantitative estimate of drug-likeness (QED) is 0.479. The molecule has 9 nitrogen and oxygen atoms in total. The number of hydrogen-bond donors (Lipinski definition) is 3. The molecule has 3 N–H and O–H groups in total. The maximum atomic E-state index is 13.7. The zero-order valence-electron chi connectivity index (χ0n) is 13.6. The number of rotatable bonds is 5. The second-order valence-corrected chi connectivity index (χ2v) is 7.17. The highest BCUT2D eigenvalue weighted by molar-refractivity contribution is 7.86. The summed E-state index contributed by atoms with van der Waals surface area (Å²) in [6.07, 6.45) is -5.94. The number of hydrogen-bond acceptors (Lipinski definition) is 8. The van der Waals surface area contributed by atoms with Crippen LogP contribution in [0.1, 0.15) is 0 Å². The first-order valence-corrected chi connectivity index (χ1v) is 9.24. The molecule has 5 atom stereocenters. The molecule has 0 amide bonds. The molecule has 3 rings (SSSR count). The van der Waals surface area contributed by atoms with E-state index in [9.17, 15) is 27.6 Å². The Bertz CT molecular complexity index is 881. The average molecular weight is 401 g/mol. The number of benzene rings is 1. The molecule has 1 aliphatic heterocycles. The van der Waals surface area contributed by atoms with Gasteiger partial charge in [-0.1, -0.05) is 18.2 Å². The molecule has 0 spiro atoms. The van der Waals surface area contributed by atoms with Crippen LogP contribution in [-0.4, -0.2) is 58.2 Å². The molecule has 0 radical (unpaired) electrons. The smallest absolute Gasteiger partial charge is 0.295 e. The molecule has 1 unspecified atom stereocenters. The molecular formula is C16H16FNO8S. The lowest BCUT2D eigenvalue weighted by Gasteiger charge is -2.40. The second-order valence-electron chi connectivity index (χ2n) is 5.67. The molecular weight excluding hydrogens is 385 g/mol. The van der Waals surface area contributed by atoms with E-state index >= 15 is 0 Å². The third kappa shape index (κ3) is 4.34. The Morgan fingerprint density at radius 1 is 1.04 bits per heavy atom. The first kappa shape index (κ1) is 19.5. The first-order valence-electron chi connectivity index (χ1n) is 7.74. The summed E-state index contributed by atoms with van der Waals surface area (Å²) in [7, 11) is -4.91. The number of aromatic nitrogens is 1. The van der Waals surface area contributed by atoms with Crippen molar-refractivity contribution in [3.05, 3.63) is 54.6 Å². The van der Waals surface area contributed by atoms with Crippen molar-refractivity contribution in [3.63, 3.8) is 0 Å². The van der Waals surface area contributed by atoms with Gasteiger partial charge in [-0.2, -0.15) is 12.8 Å². The number of halogens is 1. The van der Waals surface area contributed by atoms with Crippen molar-refractivity contribution in [2.24, 2.45) is 0 Å². The van der Waals surface area contributed by atoms with Gasteiger partial charge < -0.3 is 24.4 Å². The van der Waals surface area contributed by atoms with Gasteiger partial charge in [-0.25, -0.2) is 4.98 Å². The SMILES string of the molecule is O=S(=O)(O)C1O[C@@H](Oc2ccccc2)[C@H](O)[C@@H](Oc2cccnc2F)[C@@H]1O. The predicted molar refractivity (Wildman–Crippen MR) is 87.9 cm³/mol. The lowest BCUT2D eigenvalue weighted by molar-refractivity contribution is -0.249. The van der Waals surface area contributed by atoms with Crippen LogP contribution in [0.3, 0.4) is 0 Å². The van der Waals surface area contributed by atoms with Crippen molar-refractivity contribution in [2.45, 2.75) is 30.0 Å². The zero-order valence-corrected chi connectivity index (χ0v) is 14.4. The van der Waals surface area contributed by atoms with Gasteiger partial charge in [0.15, 0.2) is 18.0 Å². The minimum atomic E-state index is -4.91. The third-order valence-corrected chi connectivity index (χ3v) is 4.75. The average Bonchev–Trinajstić information content (AvgIpc) is 2.62. The molecule has 1 saturated heterocycles. The molecule has 146 valence electrons. The summed E-state index contributed by atoms with van der Waals surface area (Å²) < 4.78 is 61.8. The minimum absolute atomic E-state index is 0.221. The molecule has 0 saturated carbocycles. The van der Waals surface area contributed by atoms with Crippen LogP contribution in [-0.2, 0) is 14.9 Å². The van der Waals surface area contributed by atoms with Gasteiger partial charge in [-0.05, 0) is 24.3 Å². The van der Waals surface area contributed by atoms with Crippen molar-refractivity contribution in [1.29, 1.82) is 0 Å². The fourth-order valence-electron chi connectivity index (χ4n) is 2.53. The molecule has 1 aromatic carbocycles. The predicted octanol–water partition coefficient (Wildman–Crippen LogP) is 0.339. The van der Waals surface area contributed by atoms with Gasteiger partial charge in [0.25, 0.3) is 16.1 Å². The Morgan fingerprint density at radius 3 is 2.37 bits per heavy atom. The van der Waals surface area contributed by atoms with Gasteiger partial charge in [0, 0.05) is 6.20 Å². The van der Waals surface area contributed by atoms with E-state index in [0.29, 0.717) is 0 Å². The molecule has 1 aromatic heterocycles. The second kappa shape index (κ2) is 7.74. The van der Waals surface area contributed by atoms with Crippen LogP contribution in [0.25, 0.3) is 0 Å². The largest absolute Gasteiger partial charge is 0.480 e. The lowest BCUT2D eigenvalue weighted by atomic mass is 10.0. The van der Waals surface area contributed by atoms with Crippen LogP contribution >= 0.6 is 0 Å². The van der Waals surface area contributed by atoms with E-state index in [1.807, 2.05) is 0 Å². The molecule has 0 aliphatic carbocycles. The summed E-state index contributed by atoms with van der Waals surface area (Å²) in [6.45, 7) is 0. The highest BCUT2D eigenvalue weighted by atomic mass is 32.2. The molecule has 2 aromatic rings. The number of pyridine rings is 1. The number of para-hydroxylation sites is 1. The summed E-state index contributed by atoms with van der Waals surface area (Å²) in [5.74, 6) is -1.25. The normalized spacial score (nSPS) is 28.5. The van der Waals surface area contributed by atoms with Crippen LogP contribution in [0.5, 0.6) is 11.5 Å². The van der Waals surface area contributed by atoms with Gasteiger partial charge in [-0.3, -0.25) is 4.55 Å². The van der Waals surface area contributed by atoms with E-state index < -0.39 is 51.9 Å². The molecule has 11 heteroatoms. The fourth-order valence-corrected chi connectivity index (χ4v) is 3.28. The maximum Gasteiger partial charge on any atom is 0.295 e. The van der Waals surface area contributed by atoms with E-state index in [-0.39, 0.29) is 5.75 Å². The van der Waals surface area contributed by atoms with Crippen LogP contribution in [0.4, 0.5) is 4.39 Å². The molecule has 2 heterocycles. The fraction of sp³-hybridized carbons (Fsp3) is 0.312. The van der Waals surface area contributed by atoms with E-state index in [2.05, 4.69) is 4.98 Å². The monoisotopic (exact) mass is 401 g/mol. The number of aliphatic hydroxyl groups excluding tert-OH is 2. The van der Waals surface area contributed by atoms with E-state index in [1.165, 1.54) is 24.3 Å². The Labute approximate surface area is 153 Å². The third-order valence-electron chi connectivity index (χ3n) is 3.78. The lowest BCUT2D eigenvalue weighted by Crippen LogP contribution is -2.63. The van der Waals surface area contributed by atoms with Crippen molar-refractivity contribution < 1.29 is 41.8 Å². The van der Waals surface area contributed by atoms with Crippen LogP contribution in [0, 0.1) is 5.95 Å². The topological polar surface area (TPSA) is 135 Å². The summed E-state index contributed by atoms with van der Waals surface area (Å²) in [4.78, 5) is 3.36. The van der Waals surface area contributed by atoms with Crippen molar-refractivity contribution in [2.75, 3.05) is 0 Å². The molecule has 0 bridgehead atoms. The van der Waals surface area contributed by atoms with E-state index in [1.54, 1.807) is 18.2 Å². The van der Waals surface area contributed by atoms with Crippen LogP contribution in [0.15, 0.2) is 48.7 Å². The Hall–Kier alpha value is -2.31. The summed E-state index contributed by atoms with van der Waals surface area (Å²) in [5, 5.41) is 20.7. The number of nitrogens with zero attached hydrogens (tertiary/aromatic N) is 1. The molecule has 27 heavy (non-hydrogen) atoms. The Balaban J connectivity index is 1.90. The van der Waals surface area contributed by atoms with Gasteiger partial charge >= 0.3 is 0 Å². The van der Waals surface area contributed by atoms with Crippen molar-refractivity contribution in [3.8, 4) is 11.5 Å². The Kier molecular flexibility index (Phi) is 5.58. The summed E-state index contributed by atoms with van der Waals surface area (Å²) >= 11 is 0. The highest BCUT2D eigenvalue weighted by Gasteiger charge is 2.52. The first-order chi connectivity index (χ1) is 12.8. The van der Waals surface area contributed by atoms with E-state index in [0.717, 1.165) is 6.20 Å². The molecule has 1 fully saturated rings. The van der Waals surface area contributed by atoms with Gasteiger partial charge in [0.05, 0.1) is 0 Å². The summed E-state index contributed by atoms with van der Waals surface area (Å²) in [5.41, 5.74) is -2.18. The number of ether oxygens (including phenoxy) is 3. The standard InChI is InChI=1S/C16H16FNO8S/c17-14-10(7-4-8-18-14)25-13-11(19)15(24-9-5-2-1-3-6-9)26-16(12(13)20)27(21,22)23/h1-8,11-13,15-16,19-20H,(H,21,22,23)/t11-,12+,13-,15-,16?/m1/s1. The van der Waals surface area contributed by atoms with Gasteiger partial charge in [-0.15, -0.1) is 0 Å². The maximum absolute atomic E-state index is 13.7. The van der Waals surface area contributed by atoms with Crippen molar-refractivity contribution in [1.82, 2.24) is 4.98 Å². The van der Waals surface area contributed by atoms with E-state index in [4.69, 9.17) is 14.2 Å². The highest BCUT2D eigenvalue weighted by Crippen LogP contribution is 2.30. The van der Waals surface area contributed by atoms with Crippen molar-refractivity contribution >= 4 is 10.1 Å². The van der Waals surface area contributed by atoms with Crippen LogP contribution in [0.2, 0.25) is 0 Å². The molecule has 1 aliphatic rings. The van der Waals surface area contributed by atoms with Gasteiger partial charge in [0.1, 0.15) is 11.9 Å². The zero-order chi connectivity index (χ0) is 19.6. The Morgan fingerprint density at radius 2 is 1.74 bits per heavy atom. The number of aliphatic hydroxyl groups is 2. The van der Waals surface area contributed by atoms with Gasteiger partial charge in [0.2, 0.25) is 11.7 Å². The summed E-state index contributed by atoms with van der Waals surface area (Å²) in [6, 6.07) is 10.5.